The molecule has 0 amide bonds. The number of aryl methyl sites for hydroxylation is 2. The molecular weight excluding hydrogens is 96.1 g/mol. The summed E-state index contributed by atoms with van der Waals surface area (Å²) in [6, 6.07) is 8.45. The number of rotatable bonds is 0. The van der Waals surface area contributed by atoms with Crippen LogP contribution in [0.25, 0.3) is 0 Å². The Labute approximate surface area is 51.6 Å². The first kappa shape index (κ1) is 5.36. The van der Waals surface area contributed by atoms with Gasteiger partial charge in [0.1, 0.15) is 0 Å². The van der Waals surface area contributed by atoms with Crippen LogP contribution in [-0.2, 0) is 0 Å². The molecule has 0 aromatic heterocycles. The molecule has 0 fully saturated rings. The summed E-state index contributed by atoms with van der Waals surface area (Å²) < 4.78 is 0. The van der Waals surface area contributed by atoms with Gasteiger partial charge in [-0.25, -0.2) is 0 Å². The van der Waals surface area contributed by atoms with E-state index < -0.39 is 0 Å². The van der Waals surface area contributed by atoms with Gasteiger partial charge in [0.15, 0.2) is 0 Å². The van der Waals surface area contributed by atoms with Crippen molar-refractivity contribution in [3.05, 3.63) is 35.4 Å². The largest absolute Gasteiger partial charge is 0.0617 e. The summed E-state index contributed by atoms with van der Waals surface area (Å²) >= 11 is 0. The summed E-state index contributed by atoms with van der Waals surface area (Å²) in [5, 5.41) is 0. The summed E-state index contributed by atoms with van der Waals surface area (Å²) in [6.45, 7) is 4.21. The SMILES string of the molecule is Cc1cccc(C)c1.[HH]. The molecule has 0 radical (unpaired) electrons. The van der Waals surface area contributed by atoms with E-state index in [9.17, 15) is 0 Å². The van der Waals surface area contributed by atoms with Crippen molar-refractivity contribution in [1.29, 1.82) is 0 Å². The molecule has 0 nitrogen and oxygen atoms in total. The molecule has 0 aliphatic heterocycles. The standard InChI is InChI=1S/C8H10.H2/c1-7-4-3-5-8(2)6-7;/h3-6H,1-2H3;1H. The van der Waals surface area contributed by atoms with Crippen molar-refractivity contribution >= 4 is 0 Å². The fourth-order valence-corrected chi connectivity index (χ4v) is 0.807. The highest BCUT2D eigenvalue weighted by Crippen LogP contribution is 2.00. The monoisotopic (exact) mass is 108 g/mol. The first-order valence-corrected chi connectivity index (χ1v) is 2.82. The Morgan fingerprint density at radius 2 is 1.62 bits per heavy atom. The Morgan fingerprint density at radius 1 is 1.12 bits per heavy atom. The van der Waals surface area contributed by atoms with E-state index in [2.05, 4.69) is 38.1 Å². The third kappa shape index (κ3) is 1.09. The Balaban J connectivity index is 0.000000640. The van der Waals surface area contributed by atoms with Crippen LogP contribution in [0.1, 0.15) is 12.6 Å². The Morgan fingerprint density at radius 3 is 1.88 bits per heavy atom. The molecule has 0 saturated heterocycles. The highest BCUT2D eigenvalue weighted by atomic mass is 13.9. The van der Waals surface area contributed by atoms with Crippen LogP contribution in [0.15, 0.2) is 24.3 Å². The van der Waals surface area contributed by atoms with Gasteiger partial charge in [-0.3, -0.25) is 0 Å². The topological polar surface area (TPSA) is 0 Å². The van der Waals surface area contributed by atoms with Crippen molar-refractivity contribution in [2.75, 3.05) is 0 Å². The van der Waals surface area contributed by atoms with Gasteiger partial charge in [-0.15, -0.1) is 0 Å². The lowest BCUT2D eigenvalue weighted by Crippen LogP contribution is -1.71. The van der Waals surface area contributed by atoms with E-state index in [0.717, 1.165) is 0 Å². The predicted octanol–water partition coefficient (Wildman–Crippen LogP) is 2.55. The van der Waals surface area contributed by atoms with Gasteiger partial charge in [0.2, 0.25) is 0 Å². The van der Waals surface area contributed by atoms with Crippen LogP contribution in [0.2, 0.25) is 0 Å². The molecule has 1 rings (SSSR count). The molecule has 0 spiro atoms. The van der Waals surface area contributed by atoms with E-state index in [0.29, 0.717) is 0 Å². The van der Waals surface area contributed by atoms with Crippen LogP contribution in [0.3, 0.4) is 0 Å². The molecule has 0 saturated carbocycles. The lowest BCUT2D eigenvalue weighted by atomic mass is 10.2. The second-order valence-corrected chi connectivity index (χ2v) is 2.16. The Hall–Kier alpha value is -0.780. The zero-order valence-corrected chi connectivity index (χ0v) is 5.31. The Kier molecular flexibility index (Phi) is 1.34. The maximum Gasteiger partial charge on any atom is 0 e. The molecule has 0 aliphatic carbocycles. The van der Waals surface area contributed by atoms with Gasteiger partial charge in [0, 0.05) is 1.43 Å². The fraction of sp³-hybridized carbons (Fsp3) is 0.250. The first-order valence-electron chi connectivity index (χ1n) is 2.82. The van der Waals surface area contributed by atoms with Gasteiger partial charge < -0.3 is 0 Å². The maximum atomic E-state index is 2.17. The van der Waals surface area contributed by atoms with E-state index in [1.54, 1.807) is 0 Å². The molecule has 44 valence electrons. The maximum absolute atomic E-state index is 2.17. The second kappa shape index (κ2) is 1.99. The minimum atomic E-state index is 0. The second-order valence-electron chi connectivity index (χ2n) is 2.16. The van der Waals surface area contributed by atoms with Crippen molar-refractivity contribution in [2.24, 2.45) is 0 Å². The Bertz CT molecular complexity index is 164. The quantitative estimate of drug-likeness (QED) is 0.479. The first-order chi connectivity index (χ1) is 3.79. The number of benzene rings is 1. The van der Waals surface area contributed by atoms with Crippen LogP contribution in [-0.4, -0.2) is 0 Å². The molecular formula is C8H12. The third-order valence-electron chi connectivity index (χ3n) is 1.17. The molecule has 0 heterocycles. The zero-order chi connectivity index (χ0) is 5.98. The van der Waals surface area contributed by atoms with Gasteiger partial charge in [-0.05, 0) is 13.8 Å². The smallest absolute Gasteiger partial charge is 0 e. The molecule has 0 unspecified atom stereocenters. The molecule has 0 aliphatic rings. The van der Waals surface area contributed by atoms with Crippen LogP contribution in [0.5, 0.6) is 0 Å². The van der Waals surface area contributed by atoms with Crippen molar-refractivity contribution in [3.8, 4) is 0 Å². The van der Waals surface area contributed by atoms with Gasteiger partial charge in [-0.2, -0.15) is 0 Å². The average Bonchev–Trinajstić information content (AvgIpc) is 1.64. The van der Waals surface area contributed by atoms with Crippen molar-refractivity contribution < 1.29 is 1.43 Å². The molecule has 0 bridgehead atoms. The van der Waals surface area contributed by atoms with Gasteiger partial charge in [0.05, 0.1) is 0 Å². The normalized spacial score (nSPS) is 9.25. The van der Waals surface area contributed by atoms with Crippen molar-refractivity contribution in [3.63, 3.8) is 0 Å². The minimum absolute atomic E-state index is 0. The van der Waals surface area contributed by atoms with Gasteiger partial charge in [0.25, 0.3) is 0 Å². The minimum Gasteiger partial charge on any atom is -0.0617 e. The highest BCUT2D eigenvalue weighted by Gasteiger charge is 1.80. The summed E-state index contributed by atoms with van der Waals surface area (Å²) in [5.74, 6) is 0. The number of hydrogen-bond donors (Lipinski definition) is 0. The highest BCUT2D eigenvalue weighted by molar-refractivity contribution is 5.20. The summed E-state index contributed by atoms with van der Waals surface area (Å²) in [5.41, 5.74) is 2.68. The lowest BCUT2D eigenvalue weighted by Gasteiger charge is -1.90. The van der Waals surface area contributed by atoms with E-state index in [-0.39, 0.29) is 1.43 Å². The molecule has 0 heteroatoms. The predicted molar refractivity (Wildman–Crippen MR) is 38.0 cm³/mol. The molecule has 1 aromatic carbocycles. The van der Waals surface area contributed by atoms with E-state index in [1.807, 2.05) is 0 Å². The molecule has 0 atom stereocenters. The molecule has 0 N–H and O–H groups in total. The summed E-state index contributed by atoms with van der Waals surface area (Å²) in [4.78, 5) is 0. The van der Waals surface area contributed by atoms with Crippen molar-refractivity contribution in [1.82, 2.24) is 0 Å². The molecule has 1 aromatic rings. The van der Waals surface area contributed by atoms with Gasteiger partial charge in [-0.1, -0.05) is 35.4 Å². The zero-order valence-electron chi connectivity index (χ0n) is 5.31. The van der Waals surface area contributed by atoms with Crippen LogP contribution in [0, 0.1) is 13.8 Å². The lowest BCUT2D eigenvalue weighted by molar-refractivity contribution is 1.39. The van der Waals surface area contributed by atoms with E-state index in [4.69, 9.17) is 0 Å². The molecule has 8 heavy (non-hydrogen) atoms. The summed E-state index contributed by atoms with van der Waals surface area (Å²) in [6.07, 6.45) is 0. The fourth-order valence-electron chi connectivity index (χ4n) is 0.807. The van der Waals surface area contributed by atoms with Crippen LogP contribution in [0.4, 0.5) is 0 Å². The van der Waals surface area contributed by atoms with E-state index in [1.165, 1.54) is 11.1 Å². The number of hydrogen-bond acceptors (Lipinski definition) is 0. The van der Waals surface area contributed by atoms with Gasteiger partial charge >= 0.3 is 0 Å². The van der Waals surface area contributed by atoms with Crippen molar-refractivity contribution in [2.45, 2.75) is 13.8 Å². The summed E-state index contributed by atoms with van der Waals surface area (Å²) in [7, 11) is 0. The van der Waals surface area contributed by atoms with Crippen LogP contribution >= 0.6 is 0 Å². The third-order valence-corrected chi connectivity index (χ3v) is 1.17. The average molecular weight is 108 g/mol. The van der Waals surface area contributed by atoms with E-state index >= 15 is 0 Å². The van der Waals surface area contributed by atoms with Crippen LogP contribution < -0.4 is 0 Å².